The molecule has 0 saturated heterocycles. The summed E-state index contributed by atoms with van der Waals surface area (Å²) in [6.45, 7) is 0.544. The van der Waals surface area contributed by atoms with Crippen LogP contribution in [0.4, 0.5) is 5.69 Å². The van der Waals surface area contributed by atoms with Crippen LogP contribution in [0.2, 0.25) is 5.02 Å². The molecule has 0 atom stereocenters. The Morgan fingerprint density at radius 3 is 3.00 bits per heavy atom. The number of aromatic nitrogens is 4. The van der Waals surface area contributed by atoms with E-state index in [1.807, 2.05) is 18.2 Å². The van der Waals surface area contributed by atoms with Crippen molar-refractivity contribution in [2.75, 3.05) is 5.73 Å². The fourth-order valence-corrected chi connectivity index (χ4v) is 1.96. The lowest BCUT2D eigenvalue weighted by Crippen LogP contribution is -2.01. The minimum Gasteiger partial charge on any atom is -0.396 e. The van der Waals surface area contributed by atoms with E-state index in [-0.39, 0.29) is 0 Å². The van der Waals surface area contributed by atoms with Gasteiger partial charge >= 0.3 is 0 Å². The molecule has 0 aliphatic heterocycles. The van der Waals surface area contributed by atoms with Gasteiger partial charge in [-0.15, -0.1) is 0 Å². The van der Waals surface area contributed by atoms with Crippen molar-refractivity contribution in [3.8, 4) is 0 Å². The smallest absolute Gasteiger partial charge is 0.129 e. The van der Waals surface area contributed by atoms with E-state index in [0.717, 1.165) is 16.9 Å². The number of nitrogen functional groups attached to an aromatic ring is 1. The molecule has 2 aromatic heterocycles. The molecule has 3 N–H and O–H groups in total. The molecule has 6 heteroatoms. The number of hydrogen-bond acceptors (Lipinski definition) is 3. The van der Waals surface area contributed by atoms with Gasteiger partial charge in [-0.05, 0) is 12.1 Å². The summed E-state index contributed by atoms with van der Waals surface area (Å²) < 4.78 is 1.72. The summed E-state index contributed by atoms with van der Waals surface area (Å²) in [6.07, 6.45) is 3.37. The Kier molecular flexibility index (Phi) is 2.26. The van der Waals surface area contributed by atoms with Gasteiger partial charge in [0, 0.05) is 6.20 Å². The summed E-state index contributed by atoms with van der Waals surface area (Å²) in [5, 5.41) is 4.75. The zero-order valence-corrected chi connectivity index (χ0v) is 9.65. The number of nitrogens with zero attached hydrogens (tertiary/aromatic N) is 3. The van der Waals surface area contributed by atoms with Crippen molar-refractivity contribution in [3.05, 3.63) is 41.4 Å². The highest BCUT2D eigenvalue weighted by Crippen LogP contribution is 2.21. The molecule has 0 fully saturated rings. The zero-order chi connectivity index (χ0) is 11.8. The third-order valence-electron chi connectivity index (χ3n) is 2.48. The standard InChI is InChI=1S/C11H10ClN5/c12-8-2-1-3-9-11(8)16-10(15-9)6-17-5-7(13)4-14-17/h1-5H,6,13H2,(H,15,16). The fraction of sp³-hybridized carbons (Fsp3) is 0.0909. The zero-order valence-electron chi connectivity index (χ0n) is 8.89. The number of aromatic amines is 1. The monoisotopic (exact) mass is 247 g/mol. The molecule has 2 heterocycles. The molecule has 1 aromatic carbocycles. The average Bonchev–Trinajstić information content (AvgIpc) is 2.86. The topological polar surface area (TPSA) is 72.5 Å². The fourth-order valence-electron chi connectivity index (χ4n) is 1.74. The second-order valence-electron chi connectivity index (χ2n) is 3.79. The molecular formula is C11H10ClN5. The van der Waals surface area contributed by atoms with E-state index in [1.165, 1.54) is 0 Å². The molecule has 5 nitrogen and oxygen atoms in total. The van der Waals surface area contributed by atoms with Crippen LogP contribution in [0.5, 0.6) is 0 Å². The Morgan fingerprint density at radius 1 is 1.41 bits per heavy atom. The van der Waals surface area contributed by atoms with Crippen LogP contribution in [-0.4, -0.2) is 19.7 Å². The van der Waals surface area contributed by atoms with Gasteiger partial charge in [-0.25, -0.2) is 4.98 Å². The van der Waals surface area contributed by atoms with E-state index in [9.17, 15) is 0 Å². The first kappa shape index (κ1) is 10.2. The first-order valence-electron chi connectivity index (χ1n) is 5.13. The number of hydrogen-bond donors (Lipinski definition) is 2. The van der Waals surface area contributed by atoms with Crippen molar-refractivity contribution in [2.24, 2.45) is 0 Å². The van der Waals surface area contributed by atoms with E-state index in [2.05, 4.69) is 15.1 Å². The summed E-state index contributed by atoms with van der Waals surface area (Å²) in [6, 6.07) is 5.65. The Bertz CT molecular complexity index is 669. The minimum absolute atomic E-state index is 0.544. The molecule has 3 aromatic rings. The van der Waals surface area contributed by atoms with E-state index in [0.29, 0.717) is 17.3 Å². The Labute approximate surface area is 102 Å². The van der Waals surface area contributed by atoms with E-state index < -0.39 is 0 Å². The van der Waals surface area contributed by atoms with Crippen molar-refractivity contribution >= 4 is 28.3 Å². The van der Waals surface area contributed by atoms with Crippen LogP contribution < -0.4 is 5.73 Å². The molecule has 86 valence electrons. The molecule has 0 saturated carbocycles. The molecular weight excluding hydrogens is 238 g/mol. The van der Waals surface area contributed by atoms with Crippen LogP contribution in [0.3, 0.4) is 0 Å². The highest BCUT2D eigenvalue weighted by Gasteiger charge is 2.06. The molecule has 0 unspecified atom stereocenters. The first-order valence-corrected chi connectivity index (χ1v) is 5.51. The molecule has 0 radical (unpaired) electrons. The van der Waals surface area contributed by atoms with Crippen LogP contribution in [0.1, 0.15) is 5.82 Å². The quantitative estimate of drug-likeness (QED) is 0.728. The summed E-state index contributed by atoms with van der Waals surface area (Å²) in [7, 11) is 0. The lowest BCUT2D eigenvalue weighted by molar-refractivity contribution is 0.663. The summed E-state index contributed by atoms with van der Waals surface area (Å²) >= 11 is 6.05. The predicted octanol–water partition coefficient (Wildman–Crippen LogP) is 2.04. The molecule has 17 heavy (non-hydrogen) atoms. The number of rotatable bonds is 2. The number of imidazole rings is 1. The van der Waals surface area contributed by atoms with Gasteiger partial charge in [-0.2, -0.15) is 5.10 Å². The van der Waals surface area contributed by atoms with Gasteiger partial charge in [0.1, 0.15) is 11.3 Å². The second-order valence-corrected chi connectivity index (χ2v) is 4.20. The molecule has 0 aliphatic rings. The van der Waals surface area contributed by atoms with Crippen LogP contribution in [0, 0.1) is 0 Å². The van der Waals surface area contributed by atoms with Gasteiger partial charge < -0.3 is 10.7 Å². The summed E-state index contributed by atoms with van der Waals surface area (Å²) in [5.74, 6) is 0.802. The normalized spacial score (nSPS) is 11.1. The van der Waals surface area contributed by atoms with Crippen LogP contribution in [0.15, 0.2) is 30.6 Å². The maximum atomic E-state index is 6.05. The number of nitrogens with one attached hydrogen (secondary N) is 1. The molecule has 0 bridgehead atoms. The van der Waals surface area contributed by atoms with Gasteiger partial charge in [-0.3, -0.25) is 4.68 Å². The van der Waals surface area contributed by atoms with Crippen molar-refractivity contribution in [3.63, 3.8) is 0 Å². The number of fused-ring (bicyclic) bond motifs is 1. The van der Waals surface area contributed by atoms with E-state index in [1.54, 1.807) is 17.1 Å². The number of anilines is 1. The minimum atomic E-state index is 0.544. The van der Waals surface area contributed by atoms with Crippen molar-refractivity contribution in [1.29, 1.82) is 0 Å². The highest BCUT2D eigenvalue weighted by atomic mass is 35.5. The van der Waals surface area contributed by atoms with Crippen molar-refractivity contribution in [1.82, 2.24) is 19.7 Å². The predicted molar refractivity (Wildman–Crippen MR) is 66.8 cm³/mol. The highest BCUT2D eigenvalue weighted by molar-refractivity contribution is 6.34. The van der Waals surface area contributed by atoms with Crippen LogP contribution in [-0.2, 0) is 6.54 Å². The number of nitrogens with two attached hydrogens (primary N) is 1. The second kappa shape index (κ2) is 3.78. The lowest BCUT2D eigenvalue weighted by Gasteiger charge is -1.95. The third kappa shape index (κ3) is 1.85. The van der Waals surface area contributed by atoms with Crippen molar-refractivity contribution in [2.45, 2.75) is 6.54 Å². The van der Waals surface area contributed by atoms with E-state index >= 15 is 0 Å². The summed E-state index contributed by atoms with van der Waals surface area (Å²) in [4.78, 5) is 7.62. The third-order valence-corrected chi connectivity index (χ3v) is 2.78. The Balaban J connectivity index is 1.98. The van der Waals surface area contributed by atoms with Gasteiger partial charge in [0.15, 0.2) is 0 Å². The van der Waals surface area contributed by atoms with Gasteiger partial charge in [0.05, 0.1) is 29.0 Å². The van der Waals surface area contributed by atoms with Gasteiger partial charge in [0.25, 0.3) is 0 Å². The largest absolute Gasteiger partial charge is 0.396 e. The number of para-hydroxylation sites is 1. The number of benzene rings is 1. The maximum absolute atomic E-state index is 6.05. The number of halogens is 1. The van der Waals surface area contributed by atoms with E-state index in [4.69, 9.17) is 17.3 Å². The number of H-pyrrole nitrogens is 1. The SMILES string of the molecule is Nc1cnn(Cc2nc3c(Cl)cccc3[nH]2)c1. The average molecular weight is 248 g/mol. The Hall–Kier alpha value is -2.01. The molecule has 0 amide bonds. The molecule has 0 aliphatic carbocycles. The molecule has 3 rings (SSSR count). The first-order chi connectivity index (χ1) is 8.22. The van der Waals surface area contributed by atoms with Gasteiger partial charge in [-0.1, -0.05) is 17.7 Å². The summed E-state index contributed by atoms with van der Waals surface area (Å²) in [5.41, 5.74) is 7.94. The van der Waals surface area contributed by atoms with Gasteiger partial charge in [0.2, 0.25) is 0 Å². The molecule has 0 spiro atoms. The van der Waals surface area contributed by atoms with Crippen LogP contribution >= 0.6 is 11.6 Å². The lowest BCUT2D eigenvalue weighted by atomic mass is 10.3. The van der Waals surface area contributed by atoms with Crippen LogP contribution in [0.25, 0.3) is 11.0 Å². The Morgan fingerprint density at radius 2 is 2.29 bits per heavy atom. The maximum Gasteiger partial charge on any atom is 0.129 e. The van der Waals surface area contributed by atoms with Crippen molar-refractivity contribution < 1.29 is 0 Å².